The molecule has 2 N–H and O–H groups in total. The van der Waals surface area contributed by atoms with Crippen molar-refractivity contribution in [3.05, 3.63) is 29.0 Å². The summed E-state index contributed by atoms with van der Waals surface area (Å²) in [5, 5.41) is 13.9. The average molecular weight is 290 g/mol. The average Bonchev–Trinajstić information content (AvgIpc) is 3.15. The zero-order chi connectivity index (χ0) is 13.9. The van der Waals surface area contributed by atoms with Crippen LogP contribution in [0.2, 0.25) is 0 Å². The van der Waals surface area contributed by atoms with Gasteiger partial charge in [-0.05, 0) is 17.9 Å². The highest BCUT2D eigenvalue weighted by Crippen LogP contribution is 2.22. The fourth-order valence-corrected chi connectivity index (χ4v) is 2.56. The molecular weight excluding hydrogens is 276 g/mol. The van der Waals surface area contributed by atoms with Crippen molar-refractivity contribution in [3.63, 3.8) is 0 Å². The maximum Gasteiger partial charge on any atom is 0.268 e. The number of anilines is 1. The standard InChI is InChI=1S/C12H14N6OS/c1-2-4-8-11(13)15-17-18(8)7-10-14-12(19-16-10)9-5-3-6-20-9/h3,5-6H,2,4,7,13H2,1H3. The van der Waals surface area contributed by atoms with Crippen LogP contribution < -0.4 is 5.73 Å². The molecule has 3 heterocycles. The molecule has 0 aliphatic rings. The van der Waals surface area contributed by atoms with E-state index in [4.69, 9.17) is 10.3 Å². The van der Waals surface area contributed by atoms with E-state index in [0.29, 0.717) is 24.1 Å². The molecule has 20 heavy (non-hydrogen) atoms. The van der Waals surface area contributed by atoms with Crippen molar-refractivity contribution >= 4 is 17.2 Å². The van der Waals surface area contributed by atoms with Crippen molar-refractivity contribution in [2.24, 2.45) is 0 Å². The Balaban J connectivity index is 1.82. The highest BCUT2D eigenvalue weighted by molar-refractivity contribution is 7.13. The van der Waals surface area contributed by atoms with Gasteiger partial charge in [0.25, 0.3) is 5.89 Å². The van der Waals surface area contributed by atoms with Crippen LogP contribution in [0.15, 0.2) is 22.0 Å². The predicted molar refractivity (Wildman–Crippen MR) is 75.1 cm³/mol. The van der Waals surface area contributed by atoms with Gasteiger partial charge in [-0.1, -0.05) is 29.8 Å². The molecule has 8 heteroatoms. The van der Waals surface area contributed by atoms with Gasteiger partial charge in [-0.25, -0.2) is 4.68 Å². The Labute approximate surface area is 119 Å². The van der Waals surface area contributed by atoms with E-state index in [-0.39, 0.29) is 0 Å². The van der Waals surface area contributed by atoms with Gasteiger partial charge in [0.1, 0.15) is 6.54 Å². The van der Waals surface area contributed by atoms with Crippen LogP contribution in [0.5, 0.6) is 0 Å². The highest BCUT2D eigenvalue weighted by atomic mass is 32.1. The van der Waals surface area contributed by atoms with Gasteiger partial charge in [-0.15, -0.1) is 16.4 Å². The number of thiophene rings is 1. The van der Waals surface area contributed by atoms with E-state index in [1.165, 1.54) is 0 Å². The lowest BCUT2D eigenvalue weighted by atomic mass is 10.2. The van der Waals surface area contributed by atoms with Crippen LogP contribution in [0.25, 0.3) is 10.8 Å². The van der Waals surface area contributed by atoms with Gasteiger partial charge in [0.2, 0.25) is 0 Å². The third-order valence-electron chi connectivity index (χ3n) is 2.85. The van der Waals surface area contributed by atoms with Gasteiger partial charge in [0, 0.05) is 0 Å². The first-order chi connectivity index (χ1) is 9.78. The summed E-state index contributed by atoms with van der Waals surface area (Å²) in [7, 11) is 0. The van der Waals surface area contributed by atoms with Gasteiger partial charge in [0.05, 0.1) is 10.6 Å². The van der Waals surface area contributed by atoms with Crippen LogP contribution in [-0.4, -0.2) is 25.1 Å². The molecular formula is C12H14N6OS. The lowest BCUT2D eigenvalue weighted by Gasteiger charge is -2.02. The molecule has 0 saturated carbocycles. The van der Waals surface area contributed by atoms with Crippen LogP contribution >= 0.6 is 11.3 Å². The Kier molecular flexibility index (Phi) is 3.46. The molecule has 0 radical (unpaired) electrons. The number of rotatable bonds is 5. The van der Waals surface area contributed by atoms with E-state index < -0.39 is 0 Å². The number of aromatic nitrogens is 5. The molecule has 0 aromatic carbocycles. The fourth-order valence-electron chi connectivity index (χ4n) is 1.92. The minimum atomic E-state index is 0.411. The molecule has 0 atom stereocenters. The minimum Gasteiger partial charge on any atom is -0.381 e. The number of hydrogen-bond acceptors (Lipinski definition) is 7. The second-order valence-corrected chi connectivity index (χ2v) is 5.27. The van der Waals surface area contributed by atoms with Gasteiger partial charge in [0.15, 0.2) is 11.6 Å². The van der Waals surface area contributed by atoms with Gasteiger partial charge < -0.3 is 10.3 Å². The zero-order valence-corrected chi connectivity index (χ0v) is 11.8. The van der Waals surface area contributed by atoms with E-state index >= 15 is 0 Å². The second kappa shape index (κ2) is 5.41. The summed E-state index contributed by atoms with van der Waals surface area (Å²) in [5.41, 5.74) is 6.72. The normalized spacial score (nSPS) is 11.1. The maximum absolute atomic E-state index is 5.81. The first-order valence-corrected chi connectivity index (χ1v) is 7.20. The Morgan fingerprint density at radius 2 is 2.35 bits per heavy atom. The Morgan fingerprint density at radius 3 is 3.10 bits per heavy atom. The largest absolute Gasteiger partial charge is 0.381 e. The minimum absolute atomic E-state index is 0.411. The summed E-state index contributed by atoms with van der Waals surface area (Å²) < 4.78 is 6.97. The van der Waals surface area contributed by atoms with Crippen molar-refractivity contribution < 1.29 is 4.52 Å². The van der Waals surface area contributed by atoms with Crippen molar-refractivity contribution in [3.8, 4) is 10.8 Å². The van der Waals surface area contributed by atoms with Crippen molar-refractivity contribution in [1.82, 2.24) is 25.1 Å². The summed E-state index contributed by atoms with van der Waals surface area (Å²) in [5.74, 6) is 1.56. The molecule has 3 aromatic rings. The van der Waals surface area contributed by atoms with E-state index in [1.54, 1.807) is 16.0 Å². The topological polar surface area (TPSA) is 95.7 Å². The second-order valence-electron chi connectivity index (χ2n) is 4.32. The molecule has 0 fully saturated rings. The third-order valence-corrected chi connectivity index (χ3v) is 3.70. The van der Waals surface area contributed by atoms with Crippen molar-refractivity contribution in [2.75, 3.05) is 5.73 Å². The molecule has 0 unspecified atom stereocenters. The molecule has 3 aromatic heterocycles. The molecule has 0 aliphatic carbocycles. The number of nitrogens with two attached hydrogens (primary N) is 1. The van der Waals surface area contributed by atoms with Gasteiger partial charge in [-0.3, -0.25) is 0 Å². The lowest BCUT2D eigenvalue weighted by Crippen LogP contribution is -2.08. The van der Waals surface area contributed by atoms with Crippen molar-refractivity contribution in [1.29, 1.82) is 0 Å². The lowest BCUT2D eigenvalue weighted by molar-refractivity contribution is 0.418. The third kappa shape index (κ3) is 2.42. The fraction of sp³-hybridized carbons (Fsp3) is 0.333. The Morgan fingerprint density at radius 1 is 1.45 bits per heavy atom. The first kappa shape index (κ1) is 12.8. The smallest absolute Gasteiger partial charge is 0.268 e. The van der Waals surface area contributed by atoms with Crippen LogP contribution in [0.4, 0.5) is 5.82 Å². The molecule has 0 saturated heterocycles. The van der Waals surface area contributed by atoms with E-state index in [1.807, 2.05) is 17.5 Å². The summed E-state index contributed by atoms with van der Waals surface area (Å²) in [4.78, 5) is 5.32. The maximum atomic E-state index is 5.81. The van der Waals surface area contributed by atoms with Crippen LogP contribution in [-0.2, 0) is 13.0 Å². The van der Waals surface area contributed by atoms with Gasteiger partial charge in [-0.2, -0.15) is 4.98 Å². The van der Waals surface area contributed by atoms with E-state index in [2.05, 4.69) is 27.4 Å². The van der Waals surface area contributed by atoms with Crippen molar-refractivity contribution in [2.45, 2.75) is 26.3 Å². The molecule has 104 valence electrons. The monoisotopic (exact) mass is 290 g/mol. The Hall–Kier alpha value is -2.22. The summed E-state index contributed by atoms with van der Waals surface area (Å²) in [6, 6.07) is 3.89. The van der Waals surface area contributed by atoms with Crippen LogP contribution in [0.3, 0.4) is 0 Å². The van der Waals surface area contributed by atoms with Crippen LogP contribution in [0, 0.1) is 0 Å². The highest BCUT2D eigenvalue weighted by Gasteiger charge is 2.14. The molecule has 7 nitrogen and oxygen atoms in total. The SMILES string of the molecule is CCCc1c(N)nnn1Cc1noc(-c2cccs2)n1. The summed E-state index contributed by atoms with van der Waals surface area (Å²) >= 11 is 1.56. The quantitative estimate of drug-likeness (QED) is 0.771. The predicted octanol–water partition coefficient (Wildman–Crippen LogP) is 1.97. The van der Waals surface area contributed by atoms with Gasteiger partial charge >= 0.3 is 0 Å². The summed E-state index contributed by atoms with van der Waals surface area (Å²) in [6.07, 6.45) is 1.80. The Bertz CT molecular complexity index is 687. The zero-order valence-electron chi connectivity index (χ0n) is 11.0. The number of nitrogens with zero attached hydrogens (tertiary/aromatic N) is 5. The number of nitrogen functional groups attached to an aromatic ring is 1. The summed E-state index contributed by atoms with van der Waals surface area (Å²) in [6.45, 7) is 2.49. The molecule has 3 rings (SSSR count). The molecule has 0 aliphatic heterocycles. The first-order valence-electron chi connectivity index (χ1n) is 6.32. The molecule has 0 bridgehead atoms. The number of hydrogen-bond donors (Lipinski definition) is 1. The van der Waals surface area contributed by atoms with E-state index in [0.717, 1.165) is 23.4 Å². The van der Waals surface area contributed by atoms with E-state index in [9.17, 15) is 0 Å². The van der Waals surface area contributed by atoms with Crippen LogP contribution in [0.1, 0.15) is 24.9 Å². The molecule has 0 spiro atoms. The molecule has 0 amide bonds.